The summed E-state index contributed by atoms with van der Waals surface area (Å²) in [6, 6.07) is 9.23. The van der Waals surface area contributed by atoms with Crippen molar-refractivity contribution in [1.29, 1.82) is 0 Å². The van der Waals surface area contributed by atoms with Crippen LogP contribution in [0.15, 0.2) is 42.7 Å². The lowest BCUT2D eigenvalue weighted by Gasteiger charge is -2.07. The van der Waals surface area contributed by atoms with Gasteiger partial charge in [0.1, 0.15) is 0 Å². The van der Waals surface area contributed by atoms with Gasteiger partial charge in [-0.05, 0) is 24.7 Å². The zero-order chi connectivity index (χ0) is 11.4. The molecule has 0 aliphatic rings. The summed E-state index contributed by atoms with van der Waals surface area (Å²) >= 11 is 0. The first-order valence-corrected chi connectivity index (χ1v) is 5.15. The number of carbonyl (C=O) groups excluding carboxylic acids is 1. The maximum atomic E-state index is 11.8. The van der Waals surface area contributed by atoms with Crippen molar-refractivity contribution in [3.8, 4) is 5.69 Å². The van der Waals surface area contributed by atoms with Crippen LogP contribution in [0.3, 0.4) is 0 Å². The molecular weight excluding hydrogens is 202 g/mol. The molecule has 0 saturated heterocycles. The molecule has 1 aromatic carbocycles. The Morgan fingerprint density at radius 2 is 2.12 bits per heavy atom. The summed E-state index contributed by atoms with van der Waals surface area (Å²) in [5.41, 5.74) is 6.85. The number of hydrogen-bond donors (Lipinski definition) is 1. The van der Waals surface area contributed by atoms with E-state index in [4.69, 9.17) is 5.73 Å². The van der Waals surface area contributed by atoms with Crippen LogP contribution in [0.4, 0.5) is 0 Å². The topological polar surface area (TPSA) is 60.9 Å². The minimum atomic E-state index is 0.0496. The molecule has 16 heavy (non-hydrogen) atoms. The Labute approximate surface area is 93.7 Å². The second kappa shape index (κ2) is 4.72. The molecule has 0 aliphatic heterocycles. The Kier molecular flexibility index (Phi) is 3.12. The summed E-state index contributed by atoms with van der Waals surface area (Å²) in [5.74, 6) is 0.0496. The van der Waals surface area contributed by atoms with Crippen molar-refractivity contribution in [2.75, 3.05) is 6.54 Å². The molecule has 0 aliphatic carbocycles. The van der Waals surface area contributed by atoms with Crippen LogP contribution in [-0.4, -0.2) is 22.1 Å². The lowest BCUT2D eigenvalue weighted by molar-refractivity contribution is 0.0985. The summed E-state index contributed by atoms with van der Waals surface area (Å²) in [6.45, 7) is 0.367. The predicted octanol–water partition coefficient (Wildman–Crippen LogP) is 1.40. The molecule has 0 fully saturated rings. The number of nitrogens with zero attached hydrogens (tertiary/aromatic N) is 2. The van der Waals surface area contributed by atoms with Crippen molar-refractivity contribution in [2.45, 2.75) is 6.42 Å². The highest BCUT2D eigenvalue weighted by Gasteiger charge is 2.11. The second-order valence-electron chi connectivity index (χ2n) is 3.43. The fourth-order valence-electron chi connectivity index (χ4n) is 1.59. The number of nitrogens with two attached hydrogens (primary N) is 1. The summed E-state index contributed by atoms with van der Waals surface area (Å²) in [5, 5.41) is 4.12. The van der Waals surface area contributed by atoms with Crippen LogP contribution in [-0.2, 0) is 0 Å². The van der Waals surface area contributed by atoms with Gasteiger partial charge in [-0.2, -0.15) is 5.10 Å². The number of benzene rings is 1. The molecule has 0 atom stereocenters. The number of aromatic nitrogens is 2. The van der Waals surface area contributed by atoms with Crippen molar-refractivity contribution in [1.82, 2.24) is 9.78 Å². The van der Waals surface area contributed by atoms with Gasteiger partial charge in [-0.15, -0.1) is 0 Å². The van der Waals surface area contributed by atoms with E-state index in [-0.39, 0.29) is 5.78 Å². The highest BCUT2D eigenvalue weighted by molar-refractivity contribution is 5.99. The normalized spacial score (nSPS) is 10.3. The van der Waals surface area contributed by atoms with Crippen LogP contribution < -0.4 is 5.73 Å². The van der Waals surface area contributed by atoms with E-state index in [1.54, 1.807) is 16.9 Å². The average Bonchev–Trinajstić information content (AvgIpc) is 2.83. The number of Topliss-reactive ketones (excluding diaryl/α,β-unsaturated/α-hetero) is 1. The predicted molar refractivity (Wildman–Crippen MR) is 61.6 cm³/mol. The Hall–Kier alpha value is -1.94. The standard InChI is InChI=1S/C12H13N3O/c13-7-6-12(16)10-4-1-2-5-11(10)15-9-3-8-14-15/h1-5,8-9H,6-7,13H2. The fourth-order valence-corrected chi connectivity index (χ4v) is 1.59. The molecule has 0 radical (unpaired) electrons. The zero-order valence-electron chi connectivity index (χ0n) is 8.84. The zero-order valence-corrected chi connectivity index (χ0v) is 8.84. The van der Waals surface area contributed by atoms with E-state index in [1.165, 1.54) is 0 Å². The number of carbonyl (C=O) groups is 1. The van der Waals surface area contributed by atoms with Gasteiger partial charge in [0, 0.05) is 24.4 Å². The van der Waals surface area contributed by atoms with E-state index in [1.807, 2.05) is 30.5 Å². The number of ketones is 1. The summed E-state index contributed by atoms with van der Waals surface area (Å²) in [6.07, 6.45) is 3.86. The molecular formula is C12H13N3O. The Morgan fingerprint density at radius 3 is 2.81 bits per heavy atom. The average molecular weight is 215 g/mol. The van der Waals surface area contributed by atoms with Crippen LogP contribution in [0.2, 0.25) is 0 Å². The van der Waals surface area contributed by atoms with E-state index in [0.29, 0.717) is 18.5 Å². The van der Waals surface area contributed by atoms with Gasteiger partial charge < -0.3 is 5.73 Å². The van der Waals surface area contributed by atoms with E-state index in [2.05, 4.69) is 5.10 Å². The highest BCUT2D eigenvalue weighted by atomic mass is 16.1. The molecule has 4 nitrogen and oxygen atoms in total. The Bertz CT molecular complexity index is 477. The molecule has 1 heterocycles. The van der Waals surface area contributed by atoms with Crippen LogP contribution in [0.25, 0.3) is 5.69 Å². The fraction of sp³-hybridized carbons (Fsp3) is 0.167. The second-order valence-corrected chi connectivity index (χ2v) is 3.43. The van der Waals surface area contributed by atoms with E-state index >= 15 is 0 Å². The van der Waals surface area contributed by atoms with Gasteiger partial charge in [-0.25, -0.2) is 4.68 Å². The molecule has 0 spiro atoms. The van der Waals surface area contributed by atoms with E-state index in [9.17, 15) is 4.79 Å². The first-order chi connectivity index (χ1) is 7.83. The lowest BCUT2D eigenvalue weighted by Crippen LogP contribution is -2.11. The van der Waals surface area contributed by atoms with E-state index in [0.717, 1.165) is 5.69 Å². The third-order valence-corrected chi connectivity index (χ3v) is 2.33. The molecule has 2 rings (SSSR count). The van der Waals surface area contributed by atoms with Gasteiger partial charge in [0.15, 0.2) is 5.78 Å². The van der Waals surface area contributed by atoms with Gasteiger partial charge in [-0.1, -0.05) is 12.1 Å². The highest BCUT2D eigenvalue weighted by Crippen LogP contribution is 2.14. The minimum Gasteiger partial charge on any atom is -0.330 e. The van der Waals surface area contributed by atoms with Crippen molar-refractivity contribution in [3.63, 3.8) is 0 Å². The smallest absolute Gasteiger partial charge is 0.166 e. The molecule has 0 amide bonds. The molecule has 0 bridgehead atoms. The van der Waals surface area contributed by atoms with Crippen molar-refractivity contribution >= 4 is 5.78 Å². The number of hydrogen-bond acceptors (Lipinski definition) is 3. The maximum Gasteiger partial charge on any atom is 0.166 e. The summed E-state index contributed by atoms with van der Waals surface area (Å²) in [4.78, 5) is 11.8. The number of rotatable bonds is 4. The van der Waals surface area contributed by atoms with Gasteiger partial charge in [0.05, 0.1) is 5.69 Å². The van der Waals surface area contributed by atoms with Crippen molar-refractivity contribution in [3.05, 3.63) is 48.3 Å². The Morgan fingerprint density at radius 1 is 1.31 bits per heavy atom. The van der Waals surface area contributed by atoms with Crippen LogP contribution in [0.1, 0.15) is 16.8 Å². The maximum absolute atomic E-state index is 11.8. The first kappa shape index (κ1) is 10.6. The summed E-state index contributed by atoms with van der Waals surface area (Å²) < 4.78 is 1.68. The first-order valence-electron chi connectivity index (χ1n) is 5.15. The van der Waals surface area contributed by atoms with Crippen molar-refractivity contribution in [2.24, 2.45) is 5.73 Å². The van der Waals surface area contributed by atoms with Crippen LogP contribution >= 0.6 is 0 Å². The third kappa shape index (κ3) is 2.01. The van der Waals surface area contributed by atoms with Gasteiger partial charge >= 0.3 is 0 Å². The SMILES string of the molecule is NCCC(=O)c1ccccc1-n1cccn1. The molecule has 2 aromatic rings. The van der Waals surface area contributed by atoms with Gasteiger partial charge in [0.2, 0.25) is 0 Å². The minimum absolute atomic E-state index is 0.0496. The quantitative estimate of drug-likeness (QED) is 0.784. The molecule has 4 heteroatoms. The Balaban J connectivity index is 2.42. The van der Waals surface area contributed by atoms with E-state index < -0.39 is 0 Å². The largest absolute Gasteiger partial charge is 0.330 e. The molecule has 2 N–H and O–H groups in total. The van der Waals surface area contributed by atoms with Crippen molar-refractivity contribution < 1.29 is 4.79 Å². The molecule has 0 unspecified atom stereocenters. The van der Waals surface area contributed by atoms with Gasteiger partial charge in [0.25, 0.3) is 0 Å². The molecule has 0 saturated carbocycles. The van der Waals surface area contributed by atoms with Gasteiger partial charge in [-0.3, -0.25) is 4.79 Å². The molecule has 1 aromatic heterocycles. The van der Waals surface area contributed by atoms with Crippen LogP contribution in [0, 0.1) is 0 Å². The lowest BCUT2D eigenvalue weighted by atomic mass is 10.1. The summed E-state index contributed by atoms with van der Waals surface area (Å²) in [7, 11) is 0. The third-order valence-electron chi connectivity index (χ3n) is 2.33. The number of para-hydroxylation sites is 1. The van der Waals surface area contributed by atoms with Crippen LogP contribution in [0.5, 0.6) is 0 Å². The monoisotopic (exact) mass is 215 g/mol. The molecule has 82 valence electrons.